The summed E-state index contributed by atoms with van der Waals surface area (Å²) < 4.78 is 0. The summed E-state index contributed by atoms with van der Waals surface area (Å²) in [6, 6.07) is 10.2. The monoisotopic (exact) mass is 185 g/mol. The molecule has 0 aliphatic carbocycles. The Morgan fingerprint density at radius 2 is 1.86 bits per heavy atom. The van der Waals surface area contributed by atoms with E-state index in [1.165, 1.54) is 0 Å². The molecule has 0 unspecified atom stereocenters. The average molecular weight is 185 g/mol. The van der Waals surface area contributed by atoms with Gasteiger partial charge in [-0.15, -0.1) is 0 Å². The van der Waals surface area contributed by atoms with Crippen LogP contribution in [0.5, 0.6) is 0 Å². The molecule has 0 N–H and O–H groups in total. The Hall–Kier alpha value is -1.63. The van der Waals surface area contributed by atoms with Crippen LogP contribution < -0.4 is 0 Å². The van der Waals surface area contributed by atoms with Crippen LogP contribution in [-0.2, 0) is 0 Å². The maximum Gasteiger partial charge on any atom is 0.0643 e. The Balaban J connectivity index is 2.85. The van der Waals surface area contributed by atoms with Crippen molar-refractivity contribution in [2.45, 2.75) is 6.92 Å². The lowest BCUT2D eigenvalue weighted by Crippen LogP contribution is -1.95. The molecule has 0 bridgehead atoms. The molecule has 1 nitrogen and oxygen atoms in total. The van der Waals surface area contributed by atoms with Gasteiger partial charge in [-0.25, -0.2) is 0 Å². The summed E-state index contributed by atoms with van der Waals surface area (Å²) in [6.45, 7) is 2.00. The predicted molar refractivity (Wildman–Crippen MR) is 62.9 cm³/mol. The van der Waals surface area contributed by atoms with E-state index in [-0.39, 0.29) is 0 Å². The molecule has 1 aromatic rings. The summed E-state index contributed by atoms with van der Waals surface area (Å²) in [4.78, 5) is 4.23. The largest absolute Gasteiger partial charge is 0.288 e. The van der Waals surface area contributed by atoms with Crippen LogP contribution in [0, 0.1) is 0 Å². The Labute approximate surface area is 85.5 Å². The van der Waals surface area contributed by atoms with Gasteiger partial charge in [0.15, 0.2) is 0 Å². The van der Waals surface area contributed by atoms with Gasteiger partial charge in [0, 0.05) is 7.05 Å². The number of rotatable bonds is 3. The molecule has 14 heavy (non-hydrogen) atoms. The highest BCUT2D eigenvalue weighted by atomic mass is 14.7. The van der Waals surface area contributed by atoms with Gasteiger partial charge in [0.1, 0.15) is 0 Å². The molecule has 72 valence electrons. The number of hydrogen-bond donors (Lipinski definition) is 0. The van der Waals surface area contributed by atoms with Crippen LogP contribution in [0.4, 0.5) is 0 Å². The molecule has 0 atom stereocenters. The molecular formula is C13H15N. The molecule has 0 saturated carbocycles. The third-order valence-corrected chi connectivity index (χ3v) is 1.87. The number of aliphatic imine (C=N–C) groups is 1. The van der Waals surface area contributed by atoms with Gasteiger partial charge >= 0.3 is 0 Å². The second-order valence-corrected chi connectivity index (χ2v) is 2.86. The van der Waals surface area contributed by atoms with Crippen LogP contribution in [0.15, 0.2) is 59.6 Å². The van der Waals surface area contributed by atoms with E-state index in [0.717, 1.165) is 11.3 Å². The first kappa shape index (κ1) is 10.5. The lowest BCUT2D eigenvalue weighted by Gasteiger charge is -1.98. The second kappa shape index (κ2) is 5.92. The molecule has 0 heterocycles. The zero-order chi connectivity index (χ0) is 10.2. The fraction of sp³-hybridized carbons (Fsp3) is 0.154. The molecule has 0 amide bonds. The first-order chi connectivity index (χ1) is 6.88. The Kier molecular flexibility index (Phi) is 4.42. The van der Waals surface area contributed by atoms with Crippen molar-refractivity contribution in [3.8, 4) is 0 Å². The maximum atomic E-state index is 4.23. The maximum absolute atomic E-state index is 4.23. The highest BCUT2D eigenvalue weighted by Gasteiger charge is 1.94. The fourth-order valence-corrected chi connectivity index (χ4v) is 1.17. The average Bonchev–Trinajstić information content (AvgIpc) is 2.26. The summed E-state index contributed by atoms with van der Waals surface area (Å²) in [7, 11) is 1.81. The van der Waals surface area contributed by atoms with E-state index in [1.54, 1.807) is 0 Å². The number of benzene rings is 1. The van der Waals surface area contributed by atoms with Crippen molar-refractivity contribution in [1.82, 2.24) is 0 Å². The van der Waals surface area contributed by atoms with E-state index < -0.39 is 0 Å². The normalized spacial score (nSPS) is 12.9. The molecular weight excluding hydrogens is 170 g/mol. The molecule has 0 fully saturated rings. The quantitative estimate of drug-likeness (QED) is 0.506. The predicted octanol–water partition coefficient (Wildman–Crippen LogP) is 3.24. The first-order valence-corrected chi connectivity index (χ1v) is 4.70. The van der Waals surface area contributed by atoms with E-state index in [9.17, 15) is 0 Å². The fourth-order valence-electron chi connectivity index (χ4n) is 1.17. The summed E-state index contributed by atoms with van der Waals surface area (Å²) in [5.74, 6) is 0. The van der Waals surface area contributed by atoms with E-state index >= 15 is 0 Å². The third kappa shape index (κ3) is 3.02. The van der Waals surface area contributed by atoms with Gasteiger partial charge in [0.25, 0.3) is 0 Å². The van der Waals surface area contributed by atoms with Gasteiger partial charge < -0.3 is 0 Å². The summed E-state index contributed by atoms with van der Waals surface area (Å²) >= 11 is 0. The van der Waals surface area contributed by atoms with E-state index in [1.807, 2.05) is 56.5 Å². The van der Waals surface area contributed by atoms with E-state index in [0.29, 0.717) is 0 Å². The molecule has 0 aromatic heterocycles. The van der Waals surface area contributed by atoms with Gasteiger partial charge in [-0.05, 0) is 18.6 Å². The van der Waals surface area contributed by atoms with Crippen molar-refractivity contribution < 1.29 is 0 Å². The van der Waals surface area contributed by atoms with Crippen LogP contribution in [0.25, 0.3) is 0 Å². The minimum absolute atomic E-state index is 1.00. The van der Waals surface area contributed by atoms with Gasteiger partial charge in [-0.2, -0.15) is 0 Å². The standard InChI is InChI=1S/C13H15N/c1-3-4-6-11-13(14-2)12-9-7-5-8-10-12/h3-11H,1-2H3/b4-3-,11-6-,14-13?. The molecule has 0 aliphatic rings. The Morgan fingerprint density at radius 1 is 1.14 bits per heavy atom. The minimum atomic E-state index is 1.00. The number of allylic oxidation sites excluding steroid dienone is 4. The molecule has 1 rings (SSSR count). The van der Waals surface area contributed by atoms with Crippen molar-refractivity contribution >= 4 is 5.71 Å². The molecule has 0 aliphatic heterocycles. The molecule has 0 saturated heterocycles. The minimum Gasteiger partial charge on any atom is -0.288 e. The highest BCUT2D eigenvalue weighted by molar-refractivity contribution is 6.08. The van der Waals surface area contributed by atoms with Gasteiger partial charge in [-0.3, -0.25) is 4.99 Å². The SMILES string of the molecule is C/C=C\C=C/C(=NC)c1ccccc1. The third-order valence-electron chi connectivity index (χ3n) is 1.87. The Bertz CT molecular complexity index is 345. The molecule has 1 aromatic carbocycles. The zero-order valence-electron chi connectivity index (χ0n) is 8.64. The van der Waals surface area contributed by atoms with Crippen molar-refractivity contribution in [1.29, 1.82) is 0 Å². The van der Waals surface area contributed by atoms with Crippen LogP contribution in [0.1, 0.15) is 12.5 Å². The molecule has 1 heteroatoms. The molecule has 0 radical (unpaired) electrons. The molecule has 0 spiro atoms. The summed E-state index contributed by atoms with van der Waals surface area (Å²) in [6.07, 6.45) is 7.99. The summed E-state index contributed by atoms with van der Waals surface area (Å²) in [5, 5.41) is 0. The van der Waals surface area contributed by atoms with Crippen molar-refractivity contribution in [3.05, 3.63) is 60.2 Å². The van der Waals surface area contributed by atoms with Gasteiger partial charge in [0.05, 0.1) is 5.71 Å². The zero-order valence-corrected chi connectivity index (χ0v) is 8.64. The van der Waals surface area contributed by atoms with Crippen LogP contribution in [-0.4, -0.2) is 12.8 Å². The van der Waals surface area contributed by atoms with E-state index in [4.69, 9.17) is 0 Å². The number of nitrogens with zero attached hydrogens (tertiary/aromatic N) is 1. The topological polar surface area (TPSA) is 12.4 Å². The van der Waals surface area contributed by atoms with Gasteiger partial charge in [0.2, 0.25) is 0 Å². The highest BCUT2D eigenvalue weighted by Crippen LogP contribution is 2.02. The first-order valence-electron chi connectivity index (χ1n) is 4.70. The van der Waals surface area contributed by atoms with Crippen LogP contribution in [0.2, 0.25) is 0 Å². The van der Waals surface area contributed by atoms with Crippen LogP contribution >= 0.6 is 0 Å². The van der Waals surface area contributed by atoms with Crippen molar-refractivity contribution in [3.63, 3.8) is 0 Å². The van der Waals surface area contributed by atoms with Crippen molar-refractivity contribution in [2.75, 3.05) is 7.05 Å². The lowest BCUT2D eigenvalue weighted by molar-refractivity contribution is 1.43. The second-order valence-electron chi connectivity index (χ2n) is 2.86. The number of hydrogen-bond acceptors (Lipinski definition) is 1. The Morgan fingerprint density at radius 3 is 2.43 bits per heavy atom. The van der Waals surface area contributed by atoms with Crippen molar-refractivity contribution in [2.24, 2.45) is 4.99 Å². The summed E-state index contributed by atoms with van der Waals surface area (Å²) in [5.41, 5.74) is 2.15. The van der Waals surface area contributed by atoms with Gasteiger partial charge in [-0.1, -0.05) is 48.6 Å². The van der Waals surface area contributed by atoms with Crippen LogP contribution in [0.3, 0.4) is 0 Å². The van der Waals surface area contributed by atoms with E-state index in [2.05, 4.69) is 17.1 Å². The smallest absolute Gasteiger partial charge is 0.0643 e. The lowest BCUT2D eigenvalue weighted by atomic mass is 10.1.